The van der Waals surface area contributed by atoms with Crippen LogP contribution in [-0.4, -0.2) is 39.5 Å². The quantitative estimate of drug-likeness (QED) is 0.189. The number of nitrogens with one attached hydrogen (secondary N) is 2. The molecule has 2 rings (SSSR count). The first-order valence-electron chi connectivity index (χ1n) is 8.14. The number of benzene rings is 2. The topological polar surface area (TPSA) is 54.9 Å². The van der Waals surface area contributed by atoms with Gasteiger partial charge in [-0.05, 0) is 36.4 Å². The largest absolute Gasteiger partial charge is 0.493 e. The summed E-state index contributed by atoms with van der Waals surface area (Å²) in [7, 11) is 5.01. The van der Waals surface area contributed by atoms with Gasteiger partial charge in [-0.25, -0.2) is 0 Å². The molecule has 2 aromatic rings. The van der Waals surface area contributed by atoms with Crippen LogP contribution in [0.1, 0.15) is 6.42 Å². The first-order valence-corrected chi connectivity index (χ1v) is 9.13. The molecular weight excluding hydrogens is 461 g/mol. The van der Waals surface area contributed by atoms with Gasteiger partial charge >= 0.3 is 0 Å². The van der Waals surface area contributed by atoms with E-state index in [1.54, 1.807) is 21.3 Å². The molecule has 26 heavy (non-hydrogen) atoms. The minimum absolute atomic E-state index is 0. The van der Waals surface area contributed by atoms with Gasteiger partial charge in [-0.15, -0.1) is 35.7 Å². The van der Waals surface area contributed by atoms with E-state index in [0.29, 0.717) is 11.5 Å². The number of rotatable bonds is 8. The smallest absolute Gasteiger partial charge is 0.195 e. The third kappa shape index (κ3) is 7.33. The van der Waals surface area contributed by atoms with Gasteiger partial charge in [0.1, 0.15) is 0 Å². The second kappa shape index (κ2) is 12.7. The van der Waals surface area contributed by atoms with Crippen LogP contribution < -0.4 is 20.1 Å². The van der Waals surface area contributed by atoms with Gasteiger partial charge in [-0.1, -0.05) is 18.2 Å². The maximum atomic E-state index is 5.32. The van der Waals surface area contributed by atoms with Crippen molar-refractivity contribution in [3.05, 3.63) is 48.5 Å². The molecule has 0 saturated carbocycles. The number of hydrogen-bond donors (Lipinski definition) is 2. The molecule has 0 unspecified atom stereocenters. The van der Waals surface area contributed by atoms with Crippen molar-refractivity contribution in [1.82, 2.24) is 5.32 Å². The van der Waals surface area contributed by atoms with Gasteiger partial charge in [0.2, 0.25) is 0 Å². The summed E-state index contributed by atoms with van der Waals surface area (Å²) in [5.41, 5.74) is 0.893. The van der Waals surface area contributed by atoms with Gasteiger partial charge in [-0.3, -0.25) is 4.99 Å². The fraction of sp³-hybridized carbons (Fsp3) is 0.316. The van der Waals surface area contributed by atoms with Gasteiger partial charge < -0.3 is 20.1 Å². The van der Waals surface area contributed by atoms with Crippen LogP contribution in [0.2, 0.25) is 0 Å². The lowest BCUT2D eigenvalue weighted by molar-refractivity contribution is 0.355. The van der Waals surface area contributed by atoms with Crippen molar-refractivity contribution in [3.63, 3.8) is 0 Å². The first-order chi connectivity index (χ1) is 12.3. The van der Waals surface area contributed by atoms with Crippen LogP contribution in [0.15, 0.2) is 58.4 Å². The third-order valence-electron chi connectivity index (χ3n) is 3.50. The molecule has 0 aliphatic heterocycles. The zero-order chi connectivity index (χ0) is 17.9. The van der Waals surface area contributed by atoms with Gasteiger partial charge in [0, 0.05) is 30.2 Å². The number of hydrogen-bond acceptors (Lipinski definition) is 4. The Morgan fingerprint density at radius 1 is 1.04 bits per heavy atom. The molecule has 0 bridgehead atoms. The average molecular weight is 487 g/mol. The third-order valence-corrected chi connectivity index (χ3v) is 4.59. The first kappa shape index (κ1) is 22.4. The highest BCUT2D eigenvalue weighted by Crippen LogP contribution is 2.29. The minimum Gasteiger partial charge on any atom is -0.493 e. The Morgan fingerprint density at radius 2 is 1.77 bits per heavy atom. The van der Waals surface area contributed by atoms with Gasteiger partial charge in [0.25, 0.3) is 0 Å². The van der Waals surface area contributed by atoms with Crippen LogP contribution in [0.4, 0.5) is 5.69 Å². The number of anilines is 1. The van der Waals surface area contributed by atoms with E-state index in [-0.39, 0.29) is 24.0 Å². The van der Waals surface area contributed by atoms with Crippen molar-refractivity contribution in [2.75, 3.05) is 38.9 Å². The second-order valence-corrected chi connectivity index (χ2v) is 6.38. The molecule has 0 spiro atoms. The van der Waals surface area contributed by atoms with E-state index in [4.69, 9.17) is 9.47 Å². The van der Waals surface area contributed by atoms with E-state index in [1.807, 2.05) is 36.0 Å². The van der Waals surface area contributed by atoms with E-state index < -0.39 is 0 Å². The minimum atomic E-state index is 0. The molecule has 0 aliphatic rings. The summed E-state index contributed by atoms with van der Waals surface area (Å²) >= 11 is 1.86. The highest BCUT2D eigenvalue weighted by molar-refractivity contribution is 14.0. The zero-order valence-electron chi connectivity index (χ0n) is 15.3. The number of halogens is 1. The normalized spacial score (nSPS) is 10.7. The Bertz CT molecular complexity index is 684. The number of ether oxygens (including phenoxy) is 2. The van der Waals surface area contributed by atoms with Gasteiger partial charge in [0.05, 0.1) is 14.2 Å². The van der Waals surface area contributed by atoms with Crippen LogP contribution in [0.5, 0.6) is 11.5 Å². The fourth-order valence-electron chi connectivity index (χ4n) is 2.22. The number of guanidine groups is 1. The summed E-state index contributed by atoms with van der Waals surface area (Å²) < 4.78 is 10.6. The van der Waals surface area contributed by atoms with Crippen LogP contribution in [0, 0.1) is 0 Å². The van der Waals surface area contributed by atoms with E-state index >= 15 is 0 Å². The second-order valence-electron chi connectivity index (χ2n) is 5.21. The number of aliphatic imine (C=N–C) groups is 1. The summed E-state index contributed by atoms with van der Waals surface area (Å²) in [6, 6.07) is 16.1. The summed E-state index contributed by atoms with van der Waals surface area (Å²) in [5.74, 6) is 3.18. The maximum absolute atomic E-state index is 5.32. The highest BCUT2D eigenvalue weighted by Gasteiger charge is 2.06. The molecule has 0 saturated heterocycles. The Labute approximate surface area is 177 Å². The SMILES string of the molecule is CN=C(NCCCSc1ccccc1)Nc1ccc(OC)c(OC)c1.I. The van der Waals surface area contributed by atoms with Crippen molar-refractivity contribution < 1.29 is 9.47 Å². The van der Waals surface area contributed by atoms with E-state index in [2.05, 4.69) is 39.9 Å². The highest BCUT2D eigenvalue weighted by atomic mass is 127. The van der Waals surface area contributed by atoms with Gasteiger partial charge in [0.15, 0.2) is 17.5 Å². The molecule has 7 heteroatoms. The van der Waals surface area contributed by atoms with E-state index in [9.17, 15) is 0 Å². The zero-order valence-corrected chi connectivity index (χ0v) is 18.5. The summed E-state index contributed by atoms with van der Waals surface area (Å²) in [4.78, 5) is 5.55. The maximum Gasteiger partial charge on any atom is 0.195 e. The molecule has 0 aliphatic carbocycles. The predicted octanol–water partition coefficient (Wildman–Crippen LogP) is 4.49. The van der Waals surface area contributed by atoms with Crippen LogP contribution in [0.25, 0.3) is 0 Å². The fourth-order valence-corrected chi connectivity index (χ4v) is 3.09. The van der Waals surface area contributed by atoms with Crippen molar-refractivity contribution in [1.29, 1.82) is 0 Å². The van der Waals surface area contributed by atoms with E-state index in [1.165, 1.54) is 4.90 Å². The molecule has 142 valence electrons. The number of nitrogens with zero attached hydrogens (tertiary/aromatic N) is 1. The molecule has 5 nitrogen and oxygen atoms in total. The van der Waals surface area contributed by atoms with Crippen LogP contribution in [0.3, 0.4) is 0 Å². The number of thioether (sulfide) groups is 1. The lowest BCUT2D eigenvalue weighted by Gasteiger charge is -2.14. The van der Waals surface area contributed by atoms with Crippen molar-refractivity contribution >= 4 is 47.4 Å². The molecular formula is C19H26IN3O2S. The molecule has 0 amide bonds. The van der Waals surface area contributed by atoms with Crippen molar-refractivity contribution in [3.8, 4) is 11.5 Å². The molecule has 2 N–H and O–H groups in total. The average Bonchev–Trinajstić information content (AvgIpc) is 2.67. The molecule has 2 aromatic carbocycles. The Kier molecular flexibility index (Phi) is 11.0. The predicted molar refractivity (Wildman–Crippen MR) is 122 cm³/mol. The summed E-state index contributed by atoms with van der Waals surface area (Å²) in [5, 5.41) is 6.58. The molecule has 0 heterocycles. The lowest BCUT2D eigenvalue weighted by Crippen LogP contribution is -2.31. The monoisotopic (exact) mass is 487 g/mol. The standard InChI is InChI=1S/C19H25N3O2S.HI/c1-20-19(21-12-7-13-25-16-8-5-4-6-9-16)22-15-10-11-17(23-2)18(14-15)24-3;/h4-6,8-11,14H,7,12-13H2,1-3H3,(H2,20,21,22);1H. The molecule has 0 atom stereocenters. The molecule has 0 fully saturated rings. The van der Waals surface area contributed by atoms with Gasteiger partial charge in [-0.2, -0.15) is 0 Å². The van der Waals surface area contributed by atoms with Crippen molar-refractivity contribution in [2.45, 2.75) is 11.3 Å². The number of methoxy groups -OCH3 is 2. The Hall–Kier alpha value is -1.61. The lowest BCUT2D eigenvalue weighted by atomic mass is 10.3. The van der Waals surface area contributed by atoms with Crippen molar-refractivity contribution in [2.24, 2.45) is 4.99 Å². The summed E-state index contributed by atoms with van der Waals surface area (Å²) in [6.07, 6.45) is 1.05. The Morgan fingerprint density at radius 3 is 2.42 bits per heavy atom. The summed E-state index contributed by atoms with van der Waals surface area (Å²) in [6.45, 7) is 0.854. The van der Waals surface area contributed by atoms with Crippen LogP contribution in [-0.2, 0) is 0 Å². The Balaban J connectivity index is 0.00000338. The molecule has 0 aromatic heterocycles. The molecule has 0 radical (unpaired) electrons. The van der Waals surface area contributed by atoms with E-state index in [0.717, 1.165) is 30.4 Å². The van der Waals surface area contributed by atoms with Crippen LogP contribution >= 0.6 is 35.7 Å².